The molecule has 1 unspecified atom stereocenters. The Kier molecular flexibility index (Phi) is 7.04. The molecule has 8 nitrogen and oxygen atoms in total. The molecule has 3 aliphatic rings. The van der Waals surface area contributed by atoms with E-state index in [0.29, 0.717) is 18.6 Å². The summed E-state index contributed by atoms with van der Waals surface area (Å²) < 4.78 is 11.2. The summed E-state index contributed by atoms with van der Waals surface area (Å²) in [6, 6.07) is 17.2. The largest absolute Gasteiger partial charge is 0.462 e. The van der Waals surface area contributed by atoms with E-state index in [9.17, 15) is 25.2 Å². The third-order valence-corrected chi connectivity index (χ3v) is 7.40. The Hall–Kier alpha value is -2.88. The molecule has 8 heteroatoms. The van der Waals surface area contributed by atoms with E-state index in [1.165, 1.54) is 0 Å². The molecule has 0 radical (unpaired) electrons. The number of ether oxygens (including phenoxy) is 2. The number of ketones is 1. The molecule has 0 amide bonds. The summed E-state index contributed by atoms with van der Waals surface area (Å²) in [6.45, 7) is 3.67. The first-order valence-electron chi connectivity index (χ1n) is 12.6. The van der Waals surface area contributed by atoms with E-state index in [2.05, 4.69) is 13.8 Å². The van der Waals surface area contributed by atoms with E-state index in [1.54, 1.807) is 12.1 Å². The number of nitrogens with zero attached hydrogens (tertiary/aromatic N) is 1. The highest BCUT2D eigenvalue weighted by atomic mass is 16.7. The molecule has 37 heavy (non-hydrogen) atoms. The molecule has 196 valence electrons. The standard InChI is InChI=1S/C29H33NO7/c1-29(2)13-21-24(22(32)14-29)19(12-20(30-21)17-6-4-3-5-7-17)16-8-10-18(11-9-16)36-28-27(35)26(34)25(33)23(15-31)37-28/h3-11,19,23,25-28,31,33-35H,12-15H2,1-2H3/t19?,23-,25-,26-,27-,28-/m1/s1. The molecule has 2 aromatic rings. The fourth-order valence-corrected chi connectivity index (χ4v) is 5.48. The first kappa shape index (κ1) is 25.8. The van der Waals surface area contributed by atoms with Crippen molar-refractivity contribution < 1.29 is 34.7 Å². The Balaban J connectivity index is 1.42. The second kappa shape index (κ2) is 10.1. The van der Waals surface area contributed by atoms with Gasteiger partial charge >= 0.3 is 0 Å². The van der Waals surface area contributed by atoms with Gasteiger partial charge < -0.3 is 29.9 Å². The number of rotatable bonds is 5. The van der Waals surface area contributed by atoms with Crippen molar-refractivity contribution in [2.75, 3.05) is 6.61 Å². The van der Waals surface area contributed by atoms with Crippen LogP contribution in [0, 0.1) is 5.41 Å². The van der Waals surface area contributed by atoms with Gasteiger partial charge in [0, 0.05) is 35.7 Å². The third-order valence-electron chi connectivity index (χ3n) is 7.40. The number of aliphatic imine (C=N–C) groups is 1. The minimum absolute atomic E-state index is 0.133. The molecule has 2 aliphatic heterocycles. The maximum absolute atomic E-state index is 13.3. The van der Waals surface area contributed by atoms with Crippen LogP contribution in [0.1, 0.15) is 50.2 Å². The van der Waals surface area contributed by atoms with Gasteiger partial charge in [-0.25, -0.2) is 0 Å². The predicted octanol–water partition coefficient (Wildman–Crippen LogP) is 2.49. The van der Waals surface area contributed by atoms with Gasteiger partial charge in [0.2, 0.25) is 6.29 Å². The molecule has 4 N–H and O–H groups in total. The molecule has 0 saturated carbocycles. The van der Waals surface area contributed by atoms with Gasteiger partial charge in [-0.2, -0.15) is 0 Å². The molecule has 1 saturated heterocycles. The molecule has 6 atom stereocenters. The van der Waals surface area contributed by atoms with Crippen LogP contribution in [0.2, 0.25) is 0 Å². The quantitative estimate of drug-likeness (QED) is 0.489. The average Bonchev–Trinajstić information content (AvgIpc) is 2.88. The summed E-state index contributed by atoms with van der Waals surface area (Å²) in [4.78, 5) is 18.3. The summed E-state index contributed by atoms with van der Waals surface area (Å²) >= 11 is 0. The molecule has 2 heterocycles. The Labute approximate surface area is 215 Å². The van der Waals surface area contributed by atoms with E-state index < -0.39 is 37.3 Å². The second-order valence-electron chi connectivity index (χ2n) is 10.9. The number of aliphatic hydroxyl groups excluding tert-OH is 4. The highest BCUT2D eigenvalue weighted by molar-refractivity contribution is 6.07. The summed E-state index contributed by atoms with van der Waals surface area (Å²) in [6.07, 6.45) is -4.94. The highest BCUT2D eigenvalue weighted by Gasteiger charge is 2.45. The monoisotopic (exact) mass is 507 g/mol. The fourth-order valence-electron chi connectivity index (χ4n) is 5.48. The number of hydrogen-bond acceptors (Lipinski definition) is 8. The van der Waals surface area contributed by atoms with Crippen molar-refractivity contribution >= 4 is 11.5 Å². The zero-order valence-corrected chi connectivity index (χ0v) is 20.9. The number of Topliss-reactive ketones (excluding diaryl/α,β-unsaturated/α-hetero) is 1. The first-order valence-corrected chi connectivity index (χ1v) is 12.6. The smallest absolute Gasteiger partial charge is 0.229 e. The van der Waals surface area contributed by atoms with E-state index >= 15 is 0 Å². The zero-order chi connectivity index (χ0) is 26.3. The SMILES string of the molecule is CC1(C)CC(=O)C2=C(C1)N=C(c1ccccc1)CC2c1ccc(O[C@@H]2O[C@H](CO)[C@@H](O)[C@@H](O)[C@H]2O)cc1. The van der Waals surface area contributed by atoms with Crippen LogP contribution < -0.4 is 4.74 Å². The van der Waals surface area contributed by atoms with Crippen molar-refractivity contribution in [2.45, 2.75) is 69.7 Å². The first-order chi connectivity index (χ1) is 17.7. The molecule has 0 aromatic heterocycles. The number of benzene rings is 2. The van der Waals surface area contributed by atoms with E-state index in [4.69, 9.17) is 14.5 Å². The predicted molar refractivity (Wildman–Crippen MR) is 136 cm³/mol. The summed E-state index contributed by atoms with van der Waals surface area (Å²) in [7, 11) is 0. The van der Waals surface area contributed by atoms with Crippen LogP contribution in [0.4, 0.5) is 0 Å². The summed E-state index contributed by atoms with van der Waals surface area (Å²) in [5, 5.41) is 39.7. The maximum atomic E-state index is 13.3. The van der Waals surface area contributed by atoms with Crippen molar-refractivity contribution in [3.8, 4) is 5.75 Å². The maximum Gasteiger partial charge on any atom is 0.229 e. The van der Waals surface area contributed by atoms with Gasteiger partial charge in [-0.05, 0) is 35.1 Å². The molecule has 0 bridgehead atoms. The second-order valence-corrected chi connectivity index (χ2v) is 10.9. The van der Waals surface area contributed by atoms with Crippen LogP contribution >= 0.6 is 0 Å². The van der Waals surface area contributed by atoms with Gasteiger partial charge in [0.25, 0.3) is 0 Å². The van der Waals surface area contributed by atoms with Crippen LogP contribution in [0.3, 0.4) is 0 Å². The molecular formula is C29H33NO7. The van der Waals surface area contributed by atoms with E-state index in [0.717, 1.165) is 34.5 Å². The Morgan fingerprint density at radius 1 is 0.973 bits per heavy atom. The van der Waals surface area contributed by atoms with Crippen LogP contribution in [0.15, 0.2) is 70.9 Å². The lowest BCUT2D eigenvalue weighted by molar-refractivity contribution is -0.277. The normalized spacial score (nSPS) is 31.5. The van der Waals surface area contributed by atoms with E-state index in [-0.39, 0.29) is 17.1 Å². The number of aliphatic hydroxyl groups is 4. The van der Waals surface area contributed by atoms with Crippen LogP contribution in [-0.4, -0.2) is 69.2 Å². The Morgan fingerprint density at radius 3 is 2.35 bits per heavy atom. The minimum Gasteiger partial charge on any atom is -0.462 e. The molecule has 1 aliphatic carbocycles. The molecule has 5 rings (SSSR count). The average molecular weight is 508 g/mol. The molecule has 2 aromatic carbocycles. The van der Waals surface area contributed by atoms with Gasteiger partial charge in [0.15, 0.2) is 5.78 Å². The summed E-state index contributed by atoms with van der Waals surface area (Å²) in [5.74, 6) is 0.368. The Morgan fingerprint density at radius 2 is 1.68 bits per heavy atom. The fraction of sp³-hybridized carbons (Fsp3) is 0.448. The topological polar surface area (TPSA) is 129 Å². The van der Waals surface area contributed by atoms with Crippen molar-refractivity contribution in [3.05, 3.63) is 77.0 Å². The van der Waals surface area contributed by atoms with Gasteiger partial charge in [-0.1, -0.05) is 56.3 Å². The highest BCUT2D eigenvalue weighted by Crippen LogP contribution is 2.46. The summed E-state index contributed by atoms with van der Waals surface area (Å²) in [5.41, 5.74) is 4.44. The van der Waals surface area contributed by atoms with Crippen LogP contribution in [0.25, 0.3) is 0 Å². The lowest BCUT2D eigenvalue weighted by atomic mass is 9.69. The van der Waals surface area contributed by atoms with Gasteiger partial charge in [0.1, 0.15) is 30.2 Å². The zero-order valence-electron chi connectivity index (χ0n) is 20.9. The van der Waals surface area contributed by atoms with Crippen LogP contribution in [0.5, 0.6) is 5.75 Å². The minimum atomic E-state index is -1.51. The number of carbonyl (C=O) groups excluding carboxylic acids is 1. The number of carbonyl (C=O) groups is 1. The lowest BCUT2D eigenvalue weighted by Gasteiger charge is -2.39. The molecular weight excluding hydrogens is 474 g/mol. The lowest BCUT2D eigenvalue weighted by Crippen LogP contribution is -2.60. The van der Waals surface area contributed by atoms with Crippen molar-refractivity contribution in [3.63, 3.8) is 0 Å². The number of hydrogen-bond donors (Lipinski definition) is 4. The van der Waals surface area contributed by atoms with Gasteiger partial charge in [-0.3, -0.25) is 9.79 Å². The van der Waals surface area contributed by atoms with Crippen LogP contribution in [-0.2, 0) is 9.53 Å². The van der Waals surface area contributed by atoms with E-state index in [1.807, 2.05) is 42.5 Å². The molecule has 0 spiro atoms. The van der Waals surface area contributed by atoms with Crippen molar-refractivity contribution in [1.29, 1.82) is 0 Å². The van der Waals surface area contributed by atoms with Gasteiger partial charge in [-0.15, -0.1) is 0 Å². The number of allylic oxidation sites excluding steroid dienone is 2. The van der Waals surface area contributed by atoms with Crippen molar-refractivity contribution in [1.82, 2.24) is 0 Å². The van der Waals surface area contributed by atoms with Crippen molar-refractivity contribution in [2.24, 2.45) is 10.4 Å². The van der Waals surface area contributed by atoms with Gasteiger partial charge in [0.05, 0.1) is 6.61 Å². The Bertz CT molecular complexity index is 1200. The molecule has 1 fully saturated rings. The third kappa shape index (κ3) is 5.12.